The molecule has 1 heterocycles. The van der Waals surface area contributed by atoms with E-state index in [1.165, 1.54) is 38.7 Å². The first-order chi connectivity index (χ1) is 17.9. The van der Waals surface area contributed by atoms with Gasteiger partial charge in [-0.3, -0.25) is 0 Å². The third-order valence-electron chi connectivity index (χ3n) is 5.69. The van der Waals surface area contributed by atoms with Crippen molar-refractivity contribution in [3.8, 4) is 0 Å². The summed E-state index contributed by atoms with van der Waals surface area (Å²) in [7, 11) is 2.79. The van der Waals surface area contributed by atoms with Crippen LogP contribution in [0.1, 0.15) is 34.1 Å². The van der Waals surface area contributed by atoms with Crippen molar-refractivity contribution >= 4 is 71.8 Å². The van der Waals surface area contributed by atoms with Crippen LogP contribution in [0.4, 0.5) is 0 Å². The number of carbonyl (C=O) groups is 4. The van der Waals surface area contributed by atoms with E-state index in [0.29, 0.717) is 15.4 Å². The number of nitrogens with one attached hydrogen (secondary N) is 2. The minimum atomic E-state index is -1.79. The number of aliphatic hydroxyl groups is 1. The van der Waals surface area contributed by atoms with Crippen molar-refractivity contribution in [1.29, 1.82) is 0 Å². The van der Waals surface area contributed by atoms with E-state index in [9.17, 15) is 24.3 Å². The van der Waals surface area contributed by atoms with Gasteiger partial charge in [0.1, 0.15) is 0 Å². The van der Waals surface area contributed by atoms with Crippen molar-refractivity contribution in [3.63, 3.8) is 0 Å². The van der Waals surface area contributed by atoms with E-state index < -0.39 is 55.2 Å². The summed E-state index contributed by atoms with van der Waals surface area (Å²) in [5, 5.41) is 16.8. The number of Topliss-reactive ketones (excluding diaryl/α,β-unsaturated/α-hetero) is 1. The van der Waals surface area contributed by atoms with Crippen molar-refractivity contribution in [1.82, 2.24) is 15.6 Å². The number of ketones is 1. The molecule has 38 heavy (non-hydrogen) atoms. The van der Waals surface area contributed by atoms with Gasteiger partial charge in [-0.15, -0.1) is 0 Å². The first-order valence-electron chi connectivity index (χ1n) is 11.6. The Bertz CT molecular complexity index is 1130. The zero-order valence-corrected chi connectivity index (χ0v) is 26.9. The number of aryl methyl sites for hydroxylation is 1. The molecule has 0 aliphatic carbocycles. The minimum absolute atomic E-state index is 0.127. The predicted molar refractivity (Wildman–Crippen MR) is 154 cm³/mol. The van der Waals surface area contributed by atoms with Crippen LogP contribution in [0.5, 0.6) is 0 Å². The molecule has 2 amide bonds. The van der Waals surface area contributed by atoms with Crippen molar-refractivity contribution in [3.05, 3.63) is 52.0 Å². The molecule has 2 rings (SSSR count). The van der Waals surface area contributed by atoms with Gasteiger partial charge in [0.2, 0.25) is 0 Å². The summed E-state index contributed by atoms with van der Waals surface area (Å²) in [6, 6.07) is 6.72. The van der Waals surface area contributed by atoms with E-state index in [1.54, 1.807) is 44.2 Å². The van der Waals surface area contributed by atoms with Crippen LogP contribution in [-0.2, 0) is 28.1 Å². The molecule has 0 saturated carbocycles. The monoisotopic (exact) mass is 721 g/mol. The summed E-state index contributed by atoms with van der Waals surface area (Å²) < 4.78 is 8.90. The summed E-state index contributed by atoms with van der Waals surface area (Å²) >= 11 is 1.34. The molecule has 0 radical (unpaired) electrons. The van der Waals surface area contributed by atoms with Crippen LogP contribution < -0.4 is 10.6 Å². The van der Waals surface area contributed by atoms with Gasteiger partial charge in [-0.25, -0.2) is 0 Å². The predicted octanol–water partition coefficient (Wildman–Crippen LogP) is 0.961. The molecule has 10 nitrogen and oxygen atoms in total. The average molecular weight is 721 g/mol. The van der Waals surface area contributed by atoms with Crippen LogP contribution in [0, 0.1) is 6.92 Å². The van der Waals surface area contributed by atoms with E-state index in [4.69, 9.17) is 9.47 Å². The molecular formula is C25H33AsIN3O7S. The molecule has 0 saturated heterocycles. The van der Waals surface area contributed by atoms with Gasteiger partial charge in [-0.1, -0.05) is 0 Å². The molecule has 0 aliphatic heterocycles. The number of thiazole rings is 1. The van der Waals surface area contributed by atoms with Gasteiger partial charge in [-0.05, 0) is 0 Å². The number of hydrogen-bond acceptors (Lipinski definition) is 9. The van der Waals surface area contributed by atoms with Gasteiger partial charge in [0.05, 0.1) is 0 Å². The Morgan fingerprint density at radius 1 is 1.08 bits per heavy atom. The van der Waals surface area contributed by atoms with Gasteiger partial charge in [-0.2, -0.15) is 0 Å². The molecule has 0 aliphatic rings. The van der Waals surface area contributed by atoms with Crippen molar-refractivity contribution in [2.45, 2.75) is 42.7 Å². The zero-order valence-electron chi connectivity index (χ0n) is 21.9. The van der Waals surface area contributed by atoms with Crippen molar-refractivity contribution in [2.75, 3.05) is 31.9 Å². The summed E-state index contributed by atoms with van der Waals surface area (Å²) in [5.41, 5.74) is -1.02. The average Bonchev–Trinajstić information content (AvgIpc) is 3.34. The fourth-order valence-electron chi connectivity index (χ4n) is 3.63. The summed E-state index contributed by atoms with van der Waals surface area (Å²) in [6.45, 7) is 4.62. The molecule has 0 bridgehead atoms. The first-order valence-corrected chi connectivity index (χ1v) is 16.1. The number of halogens is 1. The molecule has 0 fully saturated rings. The van der Waals surface area contributed by atoms with E-state index in [0.717, 1.165) is 0 Å². The van der Waals surface area contributed by atoms with Gasteiger partial charge in [0.15, 0.2) is 0 Å². The third-order valence-corrected chi connectivity index (χ3v) is 11.5. The topological polar surface area (TPSA) is 144 Å². The Morgan fingerprint density at radius 3 is 2.21 bits per heavy atom. The quantitative estimate of drug-likeness (QED) is 0.140. The molecule has 0 spiro atoms. The van der Waals surface area contributed by atoms with Crippen molar-refractivity contribution < 1.29 is 33.8 Å². The Hall–Kier alpha value is -1.70. The van der Waals surface area contributed by atoms with Crippen LogP contribution >= 0.6 is 33.9 Å². The number of hydrogen-bond donors (Lipinski definition) is 3. The van der Waals surface area contributed by atoms with Crippen LogP contribution in [0.25, 0.3) is 0 Å². The molecular weight excluding hydrogens is 688 g/mol. The van der Waals surface area contributed by atoms with Crippen LogP contribution in [-0.4, -0.2) is 97.6 Å². The van der Waals surface area contributed by atoms with E-state index in [1.807, 2.05) is 22.6 Å². The maximum atomic E-state index is 13.6. The van der Waals surface area contributed by atoms with E-state index in [-0.39, 0.29) is 22.2 Å². The van der Waals surface area contributed by atoms with Gasteiger partial charge < -0.3 is 0 Å². The summed E-state index contributed by atoms with van der Waals surface area (Å²) in [4.78, 5) is 57.3. The fraction of sp³-hybridized carbons (Fsp3) is 0.480. The standard InChI is InChI=1S/C25H33AsIN3O7S/c1-15-28-11-19(38-15)22(33)30-18(13-37-5)21(32)29-17(12-36-4)20(31)26-25(3,16-9-7-6-8-10-16)23(34)24(2,35)14-27/h6-11,17-18,26,35H,12-14H2,1-5H3,(H,29,32)(H,30,33)/t17-,18-,24+,25-/m0/s1. The molecule has 2 aromatic rings. The Morgan fingerprint density at radius 2 is 1.68 bits per heavy atom. The second-order valence-corrected chi connectivity index (χ2v) is 14.6. The number of rotatable bonds is 15. The number of alkyl halides is 1. The number of methoxy groups -OCH3 is 2. The number of carbonyl (C=O) groups excluding carboxylic acids is 4. The van der Waals surface area contributed by atoms with Gasteiger partial charge in [0, 0.05) is 0 Å². The number of ether oxygens (including phenoxy) is 2. The SMILES string of the molecule is COC[C@H](NC(=O)c1cnc(C)s1)C(=O)N[C@@H](COC)C(=O)[AsH][C@](C)(C(=O)[C@](C)(O)CI)c1ccccc1. The molecule has 208 valence electrons. The Kier molecular flexibility index (Phi) is 12.5. The normalized spacial score (nSPS) is 16.3. The summed E-state index contributed by atoms with van der Waals surface area (Å²) in [6.07, 6.45) is 1.42. The van der Waals surface area contributed by atoms with Crippen LogP contribution in [0.2, 0.25) is 0 Å². The molecule has 5 atom stereocenters. The third kappa shape index (κ3) is 8.40. The molecule has 13 heteroatoms. The number of aromatic nitrogens is 1. The van der Waals surface area contributed by atoms with Gasteiger partial charge >= 0.3 is 248 Å². The van der Waals surface area contributed by atoms with Crippen LogP contribution in [0.3, 0.4) is 0 Å². The first kappa shape index (κ1) is 32.5. The van der Waals surface area contributed by atoms with E-state index in [2.05, 4.69) is 15.6 Å². The fourth-order valence-corrected chi connectivity index (χ4v) is 7.84. The molecule has 1 unspecified atom stereocenters. The second kappa shape index (κ2) is 14.6. The molecule has 1 aromatic carbocycles. The number of benzene rings is 1. The number of nitrogens with zero attached hydrogens (tertiary/aromatic N) is 1. The maximum absolute atomic E-state index is 13.6. The Balaban J connectivity index is 2.28. The number of amides is 2. The summed E-state index contributed by atoms with van der Waals surface area (Å²) in [5.74, 6) is -1.57. The molecule has 3 N–H and O–H groups in total. The van der Waals surface area contributed by atoms with Gasteiger partial charge in [0.25, 0.3) is 0 Å². The second-order valence-electron chi connectivity index (χ2n) is 8.96. The Labute approximate surface area is 246 Å². The van der Waals surface area contributed by atoms with Crippen LogP contribution in [0.15, 0.2) is 36.5 Å². The molecule has 1 aromatic heterocycles. The zero-order chi connectivity index (χ0) is 28.5. The van der Waals surface area contributed by atoms with E-state index >= 15 is 0 Å². The van der Waals surface area contributed by atoms with Crippen molar-refractivity contribution in [2.24, 2.45) is 0 Å².